The monoisotopic (exact) mass is 680 g/mol. The lowest BCUT2D eigenvalue weighted by atomic mass is 9.92. The van der Waals surface area contributed by atoms with Gasteiger partial charge in [0.1, 0.15) is 26.1 Å². The number of aldehydes is 1. The molecule has 0 saturated heterocycles. The normalized spacial score (nSPS) is 10.8. The molecule has 0 unspecified atom stereocenters. The van der Waals surface area contributed by atoms with Crippen LogP contribution in [0.2, 0.25) is 0 Å². The van der Waals surface area contributed by atoms with Crippen LogP contribution in [0, 0.1) is 60.8 Å². The van der Waals surface area contributed by atoms with Gasteiger partial charge in [-0.1, -0.05) is 68.8 Å². The van der Waals surface area contributed by atoms with Gasteiger partial charge in [0.25, 0.3) is 0 Å². The average Bonchev–Trinajstić information content (AvgIpc) is 3.03. The number of aryl methyl sites for hydroxylation is 8. The second kappa shape index (κ2) is 18.1. The number of rotatable bonds is 12. The van der Waals surface area contributed by atoms with Crippen LogP contribution in [0.15, 0.2) is 72.8 Å². The molecule has 0 radical (unpaired) electrons. The highest BCUT2D eigenvalue weighted by Gasteiger charge is 2.37. The molecule has 0 aliphatic heterocycles. The minimum atomic E-state index is -1.15. The lowest BCUT2D eigenvalue weighted by molar-refractivity contribution is -0.0669. The van der Waals surface area contributed by atoms with Gasteiger partial charge in [0.15, 0.2) is 0 Å². The fraction of sp³-hybridized carbons (Fsp3) is 0.333. The van der Waals surface area contributed by atoms with E-state index in [4.69, 9.17) is 18.9 Å². The maximum Gasteiger partial charge on any atom is 0.338 e. The second-order valence-electron chi connectivity index (χ2n) is 13.3. The minimum absolute atomic E-state index is 0.00732. The van der Waals surface area contributed by atoms with E-state index in [9.17, 15) is 19.2 Å². The Morgan fingerprint density at radius 3 is 0.960 bits per heavy atom. The van der Waals surface area contributed by atoms with Crippen LogP contribution < -0.4 is 0 Å². The third kappa shape index (κ3) is 12.1. The Morgan fingerprint density at radius 2 is 0.720 bits per heavy atom. The van der Waals surface area contributed by atoms with E-state index in [-0.39, 0.29) is 26.4 Å². The molecule has 0 aliphatic rings. The quantitative estimate of drug-likeness (QED) is 0.0839. The molecule has 0 saturated carbocycles. The summed E-state index contributed by atoms with van der Waals surface area (Å²) >= 11 is 0. The van der Waals surface area contributed by atoms with Crippen molar-refractivity contribution in [3.8, 4) is 0 Å². The first-order chi connectivity index (χ1) is 23.6. The zero-order valence-corrected chi connectivity index (χ0v) is 30.6. The Balaban J connectivity index is 0.000000578. The molecule has 0 aromatic heterocycles. The van der Waals surface area contributed by atoms with Crippen molar-refractivity contribution in [3.05, 3.63) is 140 Å². The summed E-state index contributed by atoms with van der Waals surface area (Å²) in [5.41, 5.74) is 8.70. The smallest absolute Gasteiger partial charge is 0.338 e. The van der Waals surface area contributed by atoms with E-state index in [1.807, 2.05) is 91.8 Å². The summed E-state index contributed by atoms with van der Waals surface area (Å²) in [4.78, 5) is 49.3. The van der Waals surface area contributed by atoms with Crippen molar-refractivity contribution in [1.29, 1.82) is 0 Å². The topological polar surface area (TPSA) is 105 Å². The molecule has 264 valence electrons. The van der Waals surface area contributed by atoms with Crippen molar-refractivity contribution in [2.45, 2.75) is 55.4 Å². The van der Waals surface area contributed by atoms with E-state index >= 15 is 0 Å². The van der Waals surface area contributed by atoms with E-state index in [0.29, 0.717) is 16.7 Å². The number of ether oxygens (including phenoxy) is 4. The lowest BCUT2D eigenvalue weighted by Gasteiger charge is -2.31. The van der Waals surface area contributed by atoms with Crippen LogP contribution in [-0.4, -0.2) is 57.7 Å². The highest BCUT2D eigenvalue weighted by atomic mass is 16.6. The summed E-state index contributed by atoms with van der Waals surface area (Å²) in [6.07, 6.45) is 0.875. The third-order valence-electron chi connectivity index (χ3n) is 7.73. The zero-order chi connectivity index (χ0) is 37.0. The van der Waals surface area contributed by atoms with Crippen LogP contribution in [0.25, 0.3) is 0 Å². The van der Waals surface area contributed by atoms with E-state index in [0.717, 1.165) is 56.4 Å². The highest BCUT2D eigenvalue weighted by Crippen LogP contribution is 2.24. The summed E-state index contributed by atoms with van der Waals surface area (Å²) in [6.45, 7) is 14.8. The van der Waals surface area contributed by atoms with Gasteiger partial charge in [-0.15, -0.1) is 0 Å². The Hall–Kier alpha value is -5.08. The summed E-state index contributed by atoms with van der Waals surface area (Å²) in [5, 5.41) is 0. The molecular weight excluding hydrogens is 632 g/mol. The van der Waals surface area contributed by atoms with Crippen LogP contribution >= 0.6 is 0 Å². The molecule has 50 heavy (non-hydrogen) atoms. The number of hydrogen-bond acceptors (Lipinski definition) is 8. The Labute approximate surface area is 295 Å². The third-order valence-corrected chi connectivity index (χ3v) is 7.73. The molecule has 0 bridgehead atoms. The molecule has 4 aromatic carbocycles. The van der Waals surface area contributed by atoms with E-state index in [2.05, 4.69) is 0 Å². The summed E-state index contributed by atoms with van der Waals surface area (Å²) in [6, 6.07) is 22.1. The van der Waals surface area contributed by atoms with E-state index in [1.54, 1.807) is 36.4 Å². The van der Waals surface area contributed by atoms with Crippen molar-refractivity contribution >= 4 is 24.2 Å². The number of benzene rings is 4. The maximum atomic E-state index is 13.0. The SMILES string of the molecule is COCC(COC(=O)c1cc(C)cc(C)c1)(COC(=O)c1cc(C)cc(C)c1)COC(=O)c1cc(C)cc(C)c1.Cc1cc(C)cc(C=O)c1. The molecule has 0 heterocycles. The zero-order valence-electron chi connectivity index (χ0n) is 30.6. The van der Waals surface area contributed by atoms with Crippen LogP contribution in [0.5, 0.6) is 0 Å². The van der Waals surface area contributed by atoms with Gasteiger partial charge in [-0.3, -0.25) is 4.79 Å². The number of esters is 3. The molecule has 0 atom stereocenters. The first kappa shape index (κ1) is 39.4. The second-order valence-corrected chi connectivity index (χ2v) is 13.3. The standard InChI is InChI=1S/C33H38O7.C9H10O/c1-21-8-22(2)12-27(11-21)30(34)38-18-33(17-37-7,19-39-31(35)28-13-23(3)9-24(4)14-28)20-40-32(36)29-15-25(5)10-26(6)16-29;1-7-3-8(2)5-9(4-7)6-10/h8-16H,17-20H2,1-7H3;3-6H,1-2H3. The van der Waals surface area contributed by atoms with Gasteiger partial charge in [-0.05, 0) is 104 Å². The van der Waals surface area contributed by atoms with Gasteiger partial charge in [0, 0.05) is 12.7 Å². The van der Waals surface area contributed by atoms with Gasteiger partial charge in [0.2, 0.25) is 0 Å². The Bertz CT molecular complexity index is 1590. The summed E-state index contributed by atoms with van der Waals surface area (Å²) in [5.74, 6) is -1.60. The van der Waals surface area contributed by atoms with Gasteiger partial charge >= 0.3 is 17.9 Å². The van der Waals surface area contributed by atoms with Crippen LogP contribution in [0.3, 0.4) is 0 Å². The molecule has 0 fully saturated rings. The van der Waals surface area contributed by atoms with Gasteiger partial charge in [0.05, 0.1) is 28.7 Å². The molecule has 0 spiro atoms. The number of methoxy groups -OCH3 is 1. The minimum Gasteiger partial charge on any atom is -0.461 e. The molecular formula is C42H48O8. The fourth-order valence-corrected chi connectivity index (χ4v) is 5.82. The number of carbonyl (C=O) groups excluding carboxylic acids is 4. The average molecular weight is 681 g/mol. The van der Waals surface area contributed by atoms with Gasteiger partial charge in [-0.2, -0.15) is 0 Å². The van der Waals surface area contributed by atoms with Crippen molar-refractivity contribution < 1.29 is 38.1 Å². The van der Waals surface area contributed by atoms with Crippen molar-refractivity contribution in [1.82, 2.24) is 0 Å². The molecule has 8 nitrogen and oxygen atoms in total. The van der Waals surface area contributed by atoms with Gasteiger partial charge < -0.3 is 18.9 Å². The van der Waals surface area contributed by atoms with Crippen molar-refractivity contribution in [2.24, 2.45) is 5.41 Å². The van der Waals surface area contributed by atoms with Crippen LogP contribution in [-0.2, 0) is 18.9 Å². The number of hydrogen-bond donors (Lipinski definition) is 0. The number of carbonyl (C=O) groups is 4. The first-order valence-corrected chi connectivity index (χ1v) is 16.4. The molecule has 4 rings (SSSR count). The predicted octanol–water partition coefficient (Wildman–Crippen LogP) is 8.16. The predicted molar refractivity (Wildman–Crippen MR) is 194 cm³/mol. The highest BCUT2D eigenvalue weighted by molar-refractivity contribution is 5.91. The Kier molecular flexibility index (Phi) is 14.2. The Morgan fingerprint density at radius 1 is 0.460 bits per heavy atom. The molecule has 0 N–H and O–H groups in total. The summed E-state index contributed by atoms with van der Waals surface area (Å²) in [7, 11) is 1.48. The molecule has 8 heteroatoms. The summed E-state index contributed by atoms with van der Waals surface area (Å²) < 4.78 is 22.6. The molecule has 4 aromatic rings. The molecule has 0 aliphatic carbocycles. The fourth-order valence-electron chi connectivity index (χ4n) is 5.82. The lowest BCUT2D eigenvalue weighted by Crippen LogP contribution is -2.43. The van der Waals surface area contributed by atoms with Crippen LogP contribution in [0.1, 0.15) is 85.9 Å². The first-order valence-electron chi connectivity index (χ1n) is 16.4. The molecule has 0 amide bonds. The largest absolute Gasteiger partial charge is 0.461 e. The van der Waals surface area contributed by atoms with Crippen LogP contribution in [0.4, 0.5) is 0 Å². The van der Waals surface area contributed by atoms with Crippen molar-refractivity contribution in [2.75, 3.05) is 33.5 Å². The van der Waals surface area contributed by atoms with Crippen molar-refractivity contribution in [3.63, 3.8) is 0 Å². The van der Waals surface area contributed by atoms with E-state index in [1.165, 1.54) is 7.11 Å². The maximum absolute atomic E-state index is 13.0. The van der Waals surface area contributed by atoms with Gasteiger partial charge in [-0.25, -0.2) is 14.4 Å². The van der Waals surface area contributed by atoms with E-state index < -0.39 is 23.3 Å².